The average Bonchev–Trinajstić information content (AvgIpc) is 2.95. The smallest absolute Gasteiger partial charge is 0.161 e. The van der Waals surface area contributed by atoms with E-state index in [0.29, 0.717) is 24.1 Å². The molecule has 2 unspecified atom stereocenters. The zero-order valence-corrected chi connectivity index (χ0v) is 13.4. The first-order valence-electron chi connectivity index (χ1n) is 7.34. The normalized spacial score (nSPS) is 20.8. The van der Waals surface area contributed by atoms with Crippen molar-refractivity contribution in [3.05, 3.63) is 23.8 Å². The van der Waals surface area contributed by atoms with E-state index in [0.717, 1.165) is 25.1 Å². The Balaban J connectivity index is 1.99. The molecule has 5 heteroatoms. The average molecular weight is 294 g/mol. The van der Waals surface area contributed by atoms with E-state index in [2.05, 4.69) is 23.9 Å². The van der Waals surface area contributed by atoms with Gasteiger partial charge in [-0.1, -0.05) is 6.07 Å². The largest absolute Gasteiger partial charge is 0.493 e. The molecule has 1 aromatic carbocycles. The molecule has 1 aromatic rings. The van der Waals surface area contributed by atoms with Crippen LogP contribution in [0.25, 0.3) is 0 Å². The summed E-state index contributed by atoms with van der Waals surface area (Å²) in [4.78, 5) is 4.56. The van der Waals surface area contributed by atoms with E-state index in [4.69, 9.17) is 9.47 Å². The molecule has 1 fully saturated rings. The highest BCUT2D eigenvalue weighted by Crippen LogP contribution is 2.30. The van der Waals surface area contributed by atoms with E-state index >= 15 is 0 Å². The van der Waals surface area contributed by atoms with Crippen LogP contribution in [0.15, 0.2) is 18.2 Å². The van der Waals surface area contributed by atoms with Crippen LogP contribution in [-0.4, -0.2) is 68.9 Å². The van der Waals surface area contributed by atoms with Gasteiger partial charge in [-0.2, -0.15) is 0 Å². The van der Waals surface area contributed by atoms with E-state index < -0.39 is 6.10 Å². The van der Waals surface area contributed by atoms with E-state index in [9.17, 15) is 5.11 Å². The predicted molar refractivity (Wildman–Crippen MR) is 83.0 cm³/mol. The molecule has 5 nitrogen and oxygen atoms in total. The molecule has 0 aliphatic carbocycles. The van der Waals surface area contributed by atoms with Crippen molar-refractivity contribution in [2.75, 3.05) is 47.9 Å². The van der Waals surface area contributed by atoms with Gasteiger partial charge in [-0.05, 0) is 44.8 Å². The summed E-state index contributed by atoms with van der Waals surface area (Å²) in [5.74, 6) is 1.34. The summed E-state index contributed by atoms with van der Waals surface area (Å²) in [7, 11) is 7.44. The van der Waals surface area contributed by atoms with Gasteiger partial charge in [0.25, 0.3) is 0 Å². The topological polar surface area (TPSA) is 45.2 Å². The van der Waals surface area contributed by atoms with Gasteiger partial charge in [0.15, 0.2) is 11.5 Å². The first-order valence-corrected chi connectivity index (χ1v) is 7.34. The van der Waals surface area contributed by atoms with Crippen molar-refractivity contribution >= 4 is 0 Å². The van der Waals surface area contributed by atoms with Crippen LogP contribution in [0.3, 0.4) is 0 Å². The lowest BCUT2D eigenvalue weighted by atomic mass is 10.1. The van der Waals surface area contributed by atoms with Gasteiger partial charge in [-0.25, -0.2) is 0 Å². The molecular weight excluding hydrogens is 268 g/mol. The van der Waals surface area contributed by atoms with Gasteiger partial charge in [-0.3, -0.25) is 4.90 Å². The van der Waals surface area contributed by atoms with Crippen molar-refractivity contribution in [1.82, 2.24) is 9.80 Å². The monoisotopic (exact) mass is 294 g/mol. The van der Waals surface area contributed by atoms with E-state index in [1.54, 1.807) is 14.2 Å². The third-order valence-electron chi connectivity index (χ3n) is 4.20. The Bertz CT molecular complexity index is 465. The lowest BCUT2D eigenvalue weighted by Gasteiger charge is -2.23. The number of β-amino-alcohol motifs (C(OH)–C–C–N with tert-alkyl or cyclic N) is 1. The number of hydrogen-bond acceptors (Lipinski definition) is 5. The van der Waals surface area contributed by atoms with Gasteiger partial charge < -0.3 is 19.5 Å². The van der Waals surface area contributed by atoms with Crippen LogP contribution in [0, 0.1) is 0 Å². The van der Waals surface area contributed by atoms with Crippen molar-refractivity contribution < 1.29 is 14.6 Å². The van der Waals surface area contributed by atoms with Crippen LogP contribution in [0.2, 0.25) is 0 Å². The molecule has 21 heavy (non-hydrogen) atoms. The number of likely N-dealkylation sites (tertiary alicyclic amines) is 1. The lowest BCUT2D eigenvalue weighted by molar-refractivity contribution is 0.122. The van der Waals surface area contributed by atoms with Crippen LogP contribution in [0.4, 0.5) is 0 Å². The summed E-state index contributed by atoms with van der Waals surface area (Å²) >= 11 is 0. The Hall–Kier alpha value is -1.30. The van der Waals surface area contributed by atoms with Crippen molar-refractivity contribution in [3.8, 4) is 11.5 Å². The third kappa shape index (κ3) is 3.87. The number of methoxy groups -OCH3 is 2. The molecule has 1 heterocycles. The van der Waals surface area contributed by atoms with Gasteiger partial charge in [-0.15, -0.1) is 0 Å². The van der Waals surface area contributed by atoms with Gasteiger partial charge >= 0.3 is 0 Å². The number of nitrogens with zero attached hydrogens (tertiary/aromatic N) is 2. The molecule has 0 amide bonds. The number of aliphatic hydroxyl groups excluding tert-OH is 1. The molecule has 1 N–H and O–H groups in total. The molecule has 1 aliphatic rings. The Morgan fingerprint density at radius 3 is 2.57 bits per heavy atom. The van der Waals surface area contributed by atoms with Gasteiger partial charge in [0, 0.05) is 19.1 Å². The summed E-state index contributed by atoms with van der Waals surface area (Å²) in [6.45, 7) is 2.70. The minimum atomic E-state index is -0.509. The second kappa shape index (κ2) is 7.11. The first kappa shape index (κ1) is 16.1. The standard InChI is InChI=1S/C16H26N2O3/c1-17(2)13-7-8-18(10-13)11-14(19)12-5-6-15(20-3)16(9-12)21-4/h5-6,9,13-14,19H,7-8,10-11H2,1-4H3. The summed E-state index contributed by atoms with van der Waals surface area (Å²) in [6, 6.07) is 6.17. The maximum Gasteiger partial charge on any atom is 0.161 e. The number of aliphatic hydroxyl groups is 1. The van der Waals surface area contributed by atoms with Crippen LogP contribution in [-0.2, 0) is 0 Å². The molecule has 0 radical (unpaired) electrons. The fourth-order valence-corrected chi connectivity index (χ4v) is 2.81. The second-order valence-electron chi connectivity index (χ2n) is 5.80. The lowest BCUT2D eigenvalue weighted by Crippen LogP contribution is -2.33. The van der Waals surface area contributed by atoms with Crippen molar-refractivity contribution in [3.63, 3.8) is 0 Å². The van der Waals surface area contributed by atoms with Crippen LogP contribution in [0.5, 0.6) is 11.5 Å². The molecule has 1 aliphatic heterocycles. The highest BCUT2D eigenvalue weighted by atomic mass is 16.5. The van der Waals surface area contributed by atoms with Crippen molar-refractivity contribution in [2.45, 2.75) is 18.6 Å². The molecule has 0 bridgehead atoms. The number of hydrogen-bond donors (Lipinski definition) is 1. The fourth-order valence-electron chi connectivity index (χ4n) is 2.81. The quantitative estimate of drug-likeness (QED) is 0.858. The number of ether oxygens (including phenoxy) is 2. The maximum atomic E-state index is 10.4. The van der Waals surface area contributed by atoms with Crippen LogP contribution >= 0.6 is 0 Å². The highest BCUT2D eigenvalue weighted by molar-refractivity contribution is 5.43. The Morgan fingerprint density at radius 1 is 1.29 bits per heavy atom. The van der Waals surface area contributed by atoms with Gasteiger partial charge in [0.1, 0.15) is 0 Å². The number of likely N-dealkylation sites (N-methyl/N-ethyl adjacent to an activating group) is 1. The SMILES string of the molecule is COc1ccc(C(O)CN2CCC(N(C)C)C2)cc1OC. The Labute approximate surface area is 127 Å². The van der Waals surface area contributed by atoms with Gasteiger partial charge in [0.05, 0.1) is 20.3 Å². The van der Waals surface area contributed by atoms with Crippen LogP contribution < -0.4 is 9.47 Å². The van der Waals surface area contributed by atoms with E-state index in [1.807, 2.05) is 18.2 Å². The molecule has 0 saturated carbocycles. The Kier molecular flexibility index (Phi) is 5.45. The van der Waals surface area contributed by atoms with E-state index in [1.165, 1.54) is 0 Å². The zero-order valence-electron chi connectivity index (χ0n) is 13.4. The van der Waals surface area contributed by atoms with Crippen molar-refractivity contribution in [2.24, 2.45) is 0 Å². The summed E-state index contributed by atoms with van der Waals surface area (Å²) in [5.41, 5.74) is 0.862. The molecule has 1 saturated heterocycles. The number of benzene rings is 1. The molecule has 118 valence electrons. The second-order valence-corrected chi connectivity index (χ2v) is 5.80. The summed E-state index contributed by atoms with van der Waals surface area (Å²) < 4.78 is 10.5. The molecule has 2 rings (SSSR count). The van der Waals surface area contributed by atoms with Crippen LogP contribution in [0.1, 0.15) is 18.1 Å². The maximum absolute atomic E-state index is 10.4. The first-order chi connectivity index (χ1) is 10.0. The van der Waals surface area contributed by atoms with Crippen molar-refractivity contribution in [1.29, 1.82) is 0 Å². The third-order valence-corrected chi connectivity index (χ3v) is 4.20. The highest BCUT2D eigenvalue weighted by Gasteiger charge is 2.25. The van der Waals surface area contributed by atoms with E-state index in [-0.39, 0.29) is 0 Å². The fraction of sp³-hybridized carbons (Fsp3) is 0.625. The minimum absolute atomic E-state index is 0.509. The predicted octanol–water partition coefficient (Wildman–Crippen LogP) is 1.37. The molecule has 0 spiro atoms. The molecule has 0 aromatic heterocycles. The number of rotatable bonds is 6. The molecular formula is C16H26N2O3. The molecule has 2 atom stereocenters. The minimum Gasteiger partial charge on any atom is -0.493 e. The summed E-state index contributed by atoms with van der Waals surface area (Å²) in [5, 5.41) is 10.4. The Morgan fingerprint density at radius 2 is 2.00 bits per heavy atom. The van der Waals surface area contributed by atoms with Gasteiger partial charge in [0.2, 0.25) is 0 Å². The zero-order chi connectivity index (χ0) is 15.4. The summed E-state index contributed by atoms with van der Waals surface area (Å²) in [6.07, 6.45) is 0.650.